The normalized spacial score (nSPS) is 14.1. The summed E-state index contributed by atoms with van der Waals surface area (Å²) in [6.07, 6.45) is 7.61. The molecule has 5 nitrogen and oxygen atoms in total. The standard InChI is InChI=1S/C61H39N5S/c1-3-16-38(17-4-1)39-30-32-40(33-31-39)59-62-60(47-25-15-28-53-58(47)46-24-10-13-27-52(46)65(53)43-20-5-2-6-21-43)64-61(63-59)50-36-49-45-23-11-14-29-56(45)67-57(49)37-55(50)66-51-26-12-9-22-44(51)48-34-41-18-7-8-19-42(41)35-54(48)66/h1-32,34-37,40H,33H2. The highest BCUT2D eigenvalue weighted by Crippen LogP contribution is 2.44. The van der Waals surface area contributed by atoms with Crippen LogP contribution < -0.4 is 0 Å². The summed E-state index contributed by atoms with van der Waals surface area (Å²) in [5.74, 6) is 1.99. The lowest BCUT2D eigenvalue weighted by molar-refractivity contribution is 0.766. The second-order valence-corrected chi connectivity index (χ2v) is 18.6. The average molecular weight is 874 g/mol. The minimum absolute atomic E-state index is 0.0633. The van der Waals surface area contributed by atoms with Crippen molar-refractivity contribution in [3.63, 3.8) is 0 Å². The summed E-state index contributed by atoms with van der Waals surface area (Å²) in [4.78, 5) is 16.7. The van der Waals surface area contributed by atoms with Crippen molar-refractivity contribution in [2.24, 2.45) is 0 Å². The topological polar surface area (TPSA) is 48.5 Å². The molecule has 14 rings (SSSR count). The van der Waals surface area contributed by atoms with Crippen molar-refractivity contribution < 1.29 is 0 Å². The van der Waals surface area contributed by atoms with E-state index in [9.17, 15) is 0 Å². The van der Waals surface area contributed by atoms with E-state index in [1.165, 1.54) is 52.9 Å². The summed E-state index contributed by atoms with van der Waals surface area (Å²) in [6.45, 7) is 0. The fourth-order valence-corrected chi connectivity index (χ4v) is 11.7. The SMILES string of the molecule is C1=CC(c2nc(-c3cc4c(cc3-n3c5ccccc5c5cc6ccccc6cc53)sc3ccccc34)nc(-c3cccc4c3c3ccccc3n4-c3ccccc3)n2)CC=C1c1ccccc1. The van der Waals surface area contributed by atoms with Gasteiger partial charge < -0.3 is 9.13 Å². The number of aromatic nitrogens is 5. The van der Waals surface area contributed by atoms with Gasteiger partial charge >= 0.3 is 0 Å². The van der Waals surface area contributed by atoms with E-state index in [0.717, 1.165) is 67.6 Å². The predicted octanol–water partition coefficient (Wildman–Crippen LogP) is 16.0. The van der Waals surface area contributed by atoms with Crippen LogP contribution in [0.4, 0.5) is 0 Å². The van der Waals surface area contributed by atoms with E-state index in [4.69, 9.17) is 15.0 Å². The van der Waals surface area contributed by atoms with Gasteiger partial charge in [-0.3, -0.25) is 0 Å². The third-order valence-corrected chi connectivity index (χ3v) is 14.8. The van der Waals surface area contributed by atoms with Crippen molar-refractivity contribution in [2.45, 2.75) is 12.3 Å². The monoisotopic (exact) mass is 873 g/mol. The van der Waals surface area contributed by atoms with Crippen LogP contribution in [-0.2, 0) is 0 Å². The Hall–Kier alpha value is -8.45. The fraction of sp³-hybridized carbons (Fsp3) is 0.0328. The van der Waals surface area contributed by atoms with Crippen LogP contribution in [0.25, 0.3) is 114 Å². The van der Waals surface area contributed by atoms with Gasteiger partial charge in [-0.05, 0) is 89.0 Å². The molecular weight excluding hydrogens is 835 g/mol. The summed E-state index contributed by atoms with van der Waals surface area (Å²) >= 11 is 1.83. The van der Waals surface area contributed by atoms with Crippen LogP contribution in [0.2, 0.25) is 0 Å². The first-order valence-corrected chi connectivity index (χ1v) is 23.7. The number of para-hydroxylation sites is 3. The number of fused-ring (bicyclic) bond motifs is 10. The van der Waals surface area contributed by atoms with Crippen LogP contribution in [0.3, 0.4) is 0 Å². The van der Waals surface area contributed by atoms with Crippen LogP contribution in [-0.4, -0.2) is 24.1 Å². The number of benzene rings is 9. The molecule has 0 bridgehead atoms. The maximum absolute atomic E-state index is 5.64. The second-order valence-electron chi connectivity index (χ2n) is 17.5. The highest BCUT2D eigenvalue weighted by Gasteiger charge is 2.25. The van der Waals surface area contributed by atoms with Gasteiger partial charge in [0.25, 0.3) is 0 Å². The lowest BCUT2D eigenvalue weighted by Gasteiger charge is -2.19. The molecule has 1 aliphatic carbocycles. The summed E-state index contributed by atoms with van der Waals surface area (Å²) in [5.41, 5.74) is 11.0. The molecule has 4 aromatic heterocycles. The van der Waals surface area contributed by atoms with E-state index < -0.39 is 0 Å². The van der Waals surface area contributed by atoms with Crippen LogP contribution in [0.5, 0.6) is 0 Å². The molecule has 0 saturated carbocycles. The van der Waals surface area contributed by atoms with E-state index in [0.29, 0.717) is 11.6 Å². The molecule has 0 saturated heterocycles. The van der Waals surface area contributed by atoms with Gasteiger partial charge in [-0.25, -0.2) is 15.0 Å². The molecule has 1 unspecified atom stereocenters. The number of thiophene rings is 1. The van der Waals surface area contributed by atoms with Crippen LogP contribution in [0.15, 0.2) is 218 Å². The number of hydrogen-bond acceptors (Lipinski definition) is 4. The van der Waals surface area contributed by atoms with E-state index >= 15 is 0 Å². The Balaban J connectivity index is 1.07. The lowest BCUT2D eigenvalue weighted by Crippen LogP contribution is -2.09. The fourth-order valence-electron chi connectivity index (χ4n) is 10.6. The Morgan fingerprint density at radius 2 is 1.10 bits per heavy atom. The van der Waals surface area contributed by atoms with Crippen molar-refractivity contribution in [2.75, 3.05) is 0 Å². The number of allylic oxidation sites excluding steroid dienone is 4. The Morgan fingerprint density at radius 3 is 1.90 bits per heavy atom. The molecule has 67 heavy (non-hydrogen) atoms. The van der Waals surface area contributed by atoms with Gasteiger partial charge in [0.2, 0.25) is 0 Å². The summed E-state index contributed by atoms with van der Waals surface area (Å²) in [7, 11) is 0. The molecule has 1 atom stereocenters. The van der Waals surface area contributed by atoms with Gasteiger partial charge in [0.15, 0.2) is 11.6 Å². The molecule has 0 aliphatic heterocycles. The number of nitrogens with zero attached hydrogens (tertiary/aromatic N) is 5. The molecule has 13 aromatic rings. The van der Waals surface area contributed by atoms with Gasteiger partial charge in [-0.15, -0.1) is 11.3 Å². The molecule has 0 amide bonds. The third-order valence-electron chi connectivity index (χ3n) is 13.7. The minimum atomic E-state index is -0.0633. The Labute approximate surface area is 389 Å². The smallest absolute Gasteiger partial charge is 0.165 e. The highest BCUT2D eigenvalue weighted by molar-refractivity contribution is 7.25. The molecule has 1 aliphatic rings. The van der Waals surface area contributed by atoms with E-state index in [-0.39, 0.29) is 5.92 Å². The third kappa shape index (κ3) is 6.03. The van der Waals surface area contributed by atoms with Gasteiger partial charge in [0.05, 0.1) is 27.8 Å². The maximum atomic E-state index is 5.64. The van der Waals surface area contributed by atoms with E-state index in [1.54, 1.807) is 0 Å². The molecule has 314 valence electrons. The Bertz CT molecular complexity index is 4190. The first-order chi connectivity index (χ1) is 33.2. The second kappa shape index (κ2) is 15.1. The molecule has 0 radical (unpaired) electrons. The number of hydrogen-bond donors (Lipinski definition) is 0. The highest BCUT2D eigenvalue weighted by atomic mass is 32.1. The zero-order chi connectivity index (χ0) is 44.0. The van der Waals surface area contributed by atoms with Crippen molar-refractivity contribution in [3.8, 4) is 34.2 Å². The van der Waals surface area contributed by atoms with Crippen LogP contribution in [0, 0.1) is 0 Å². The number of rotatable bonds is 6. The Kier molecular flexibility index (Phi) is 8.51. The summed E-state index contributed by atoms with van der Waals surface area (Å²) in [6, 6.07) is 72.1. The Morgan fingerprint density at radius 1 is 0.448 bits per heavy atom. The van der Waals surface area contributed by atoms with E-state index in [2.05, 4.69) is 228 Å². The largest absolute Gasteiger partial charge is 0.309 e. The first-order valence-electron chi connectivity index (χ1n) is 22.9. The van der Waals surface area contributed by atoms with Gasteiger partial charge in [-0.1, -0.05) is 158 Å². The van der Waals surface area contributed by atoms with Gasteiger partial charge in [0, 0.05) is 64.4 Å². The maximum Gasteiger partial charge on any atom is 0.165 e. The zero-order valence-electron chi connectivity index (χ0n) is 36.2. The summed E-state index contributed by atoms with van der Waals surface area (Å²) in [5, 5.41) is 9.52. The van der Waals surface area contributed by atoms with Crippen molar-refractivity contribution in [1.29, 1.82) is 0 Å². The van der Waals surface area contributed by atoms with Crippen molar-refractivity contribution in [3.05, 3.63) is 230 Å². The van der Waals surface area contributed by atoms with E-state index in [1.807, 2.05) is 11.3 Å². The average Bonchev–Trinajstić information content (AvgIpc) is 4.05. The van der Waals surface area contributed by atoms with Crippen LogP contribution in [0.1, 0.15) is 23.7 Å². The van der Waals surface area contributed by atoms with Crippen LogP contribution >= 0.6 is 11.3 Å². The molecule has 9 aromatic carbocycles. The lowest BCUT2D eigenvalue weighted by atomic mass is 9.92. The minimum Gasteiger partial charge on any atom is -0.309 e. The van der Waals surface area contributed by atoms with Crippen molar-refractivity contribution in [1.82, 2.24) is 24.1 Å². The van der Waals surface area contributed by atoms with Gasteiger partial charge in [0.1, 0.15) is 5.82 Å². The van der Waals surface area contributed by atoms with Gasteiger partial charge in [-0.2, -0.15) is 0 Å². The summed E-state index contributed by atoms with van der Waals surface area (Å²) < 4.78 is 7.27. The molecule has 0 fully saturated rings. The molecule has 0 N–H and O–H groups in total. The molecule has 6 heteroatoms. The molecule has 0 spiro atoms. The quantitative estimate of drug-likeness (QED) is 0.167. The predicted molar refractivity (Wildman–Crippen MR) is 281 cm³/mol. The zero-order valence-corrected chi connectivity index (χ0v) is 37.0. The molecular formula is C61H39N5S. The first kappa shape index (κ1) is 37.9. The molecule has 4 heterocycles. The van der Waals surface area contributed by atoms with Crippen molar-refractivity contribution >= 4 is 91.5 Å².